The van der Waals surface area contributed by atoms with Gasteiger partial charge < -0.3 is 19.9 Å². The largest absolute Gasteiger partial charge is 0.493 e. The van der Waals surface area contributed by atoms with Crippen molar-refractivity contribution < 1.29 is 24.2 Å². The molecule has 0 radical (unpaired) electrons. The number of benzene rings is 2. The van der Waals surface area contributed by atoms with Crippen LogP contribution in [0.4, 0.5) is 5.69 Å². The summed E-state index contributed by atoms with van der Waals surface area (Å²) in [7, 11) is 0. The van der Waals surface area contributed by atoms with Crippen molar-refractivity contribution in [3.8, 4) is 5.75 Å². The lowest BCUT2D eigenvalue weighted by atomic mass is 9.93. The fraction of sp³-hybridized carbons (Fsp3) is 0.333. The van der Waals surface area contributed by atoms with Crippen molar-refractivity contribution >= 4 is 44.4 Å². The molecule has 0 aliphatic carbocycles. The number of nitrogens with zero attached hydrogens (tertiary/aromatic N) is 3. The Morgan fingerprint density at radius 1 is 1.24 bits per heavy atom. The van der Waals surface area contributed by atoms with Gasteiger partial charge in [-0.1, -0.05) is 0 Å². The minimum atomic E-state index is -1.07. The molecule has 1 aromatic heterocycles. The summed E-state index contributed by atoms with van der Waals surface area (Å²) in [4.78, 5) is 35.6. The van der Waals surface area contributed by atoms with Gasteiger partial charge in [0.05, 0.1) is 36.6 Å². The second kappa shape index (κ2) is 9.65. The van der Waals surface area contributed by atoms with Crippen LogP contribution >= 0.6 is 15.9 Å². The van der Waals surface area contributed by atoms with Crippen molar-refractivity contribution in [2.45, 2.75) is 12.3 Å². The van der Waals surface area contributed by atoms with E-state index >= 15 is 0 Å². The molecule has 34 heavy (non-hydrogen) atoms. The third-order valence-electron chi connectivity index (χ3n) is 6.10. The molecular weight excluding hydrogens is 504 g/mol. The van der Waals surface area contributed by atoms with Crippen molar-refractivity contribution in [1.82, 2.24) is 14.9 Å². The van der Waals surface area contributed by atoms with E-state index in [9.17, 15) is 14.7 Å². The number of carbonyl (C=O) groups excluding carboxylic acids is 1. The van der Waals surface area contributed by atoms with Gasteiger partial charge in [0.15, 0.2) is 0 Å². The zero-order valence-corrected chi connectivity index (χ0v) is 19.9. The lowest BCUT2D eigenvalue weighted by Crippen LogP contribution is -2.37. The predicted octanol–water partition coefficient (Wildman–Crippen LogP) is 3.28. The fourth-order valence-electron chi connectivity index (χ4n) is 4.40. The number of aromatic carboxylic acids is 1. The van der Waals surface area contributed by atoms with Gasteiger partial charge in [-0.25, -0.2) is 14.8 Å². The van der Waals surface area contributed by atoms with E-state index in [0.717, 1.165) is 44.7 Å². The van der Waals surface area contributed by atoms with Gasteiger partial charge in [0.1, 0.15) is 18.0 Å². The summed E-state index contributed by atoms with van der Waals surface area (Å²) in [5, 5.41) is 13.1. The van der Waals surface area contributed by atoms with Crippen LogP contribution < -0.4 is 10.1 Å². The molecule has 2 aliphatic rings. The van der Waals surface area contributed by atoms with E-state index in [-0.39, 0.29) is 11.5 Å². The zero-order valence-electron chi connectivity index (χ0n) is 18.3. The summed E-state index contributed by atoms with van der Waals surface area (Å²) in [5.41, 5.74) is 2.42. The van der Waals surface area contributed by atoms with E-state index in [4.69, 9.17) is 9.47 Å². The first-order valence-corrected chi connectivity index (χ1v) is 11.9. The number of ether oxygens (including phenoxy) is 2. The minimum absolute atomic E-state index is 0.0892. The average Bonchev–Trinajstić information content (AvgIpc) is 3.15. The standard InChI is InChI=1S/C24H23BrN4O5/c25-18-12-20-17(11-16(18)24(31)32)21(23(30)28-20)22-15-3-2-14(10-19(15)26-13-27-22)34-7-1-4-29-5-8-33-9-6-29/h2-3,10-13,21H,1,4-9H2,(H,28,30)(H,31,32). The number of hydrogen-bond donors (Lipinski definition) is 2. The molecule has 1 fully saturated rings. The van der Waals surface area contributed by atoms with E-state index in [1.165, 1.54) is 12.4 Å². The highest BCUT2D eigenvalue weighted by molar-refractivity contribution is 9.10. The molecule has 176 valence electrons. The maximum absolute atomic E-state index is 12.9. The van der Waals surface area contributed by atoms with Crippen LogP contribution in [0.5, 0.6) is 5.75 Å². The monoisotopic (exact) mass is 526 g/mol. The Bertz CT molecular complexity index is 1260. The second-order valence-electron chi connectivity index (χ2n) is 8.24. The molecule has 0 spiro atoms. The summed E-state index contributed by atoms with van der Waals surface area (Å²) in [6.45, 7) is 5.04. The second-order valence-corrected chi connectivity index (χ2v) is 9.09. The van der Waals surface area contributed by atoms with Gasteiger partial charge in [-0.3, -0.25) is 9.69 Å². The molecule has 0 bridgehead atoms. The summed E-state index contributed by atoms with van der Waals surface area (Å²) >= 11 is 3.26. The molecule has 1 saturated heterocycles. The third-order valence-corrected chi connectivity index (χ3v) is 6.76. The Morgan fingerprint density at radius 3 is 2.85 bits per heavy atom. The maximum Gasteiger partial charge on any atom is 0.336 e. The zero-order chi connectivity index (χ0) is 23.7. The number of aromatic nitrogens is 2. The Labute approximate surface area is 204 Å². The first-order valence-electron chi connectivity index (χ1n) is 11.1. The molecule has 2 N–H and O–H groups in total. The van der Waals surface area contributed by atoms with Crippen LogP contribution in [-0.4, -0.2) is 71.3 Å². The summed E-state index contributed by atoms with van der Waals surface area (Å²) in [6, 6.07) is 8.67. The Balaban J connectivity index is 1.36. The highest BCUT2D eigenvalue weighted by atomic mass is 79.9. The molecule has 3 heterocycles. The summed E-state index contributed by atoms with van der Waals surface area (Å²) in [6.07, 6.45) is 2.33. The van der Waals surface area contributed by atoms with Gasteiger partial charge in [-0.2, -0.15) is 0 Å². The van der Waals surface area contributed by atoms with Gasteiger partial charge in [-0.15, -0.1) is 0 Å². The molecule has 2 aromatic carbocycles. The van der Waals surface area contributed by atoms with Crippen LogP contribution in [0.2, 0.25) is 0 Å². The van der Waals surface area contributed by atoms with Crippen molar-refractivity contribution in [2.75, 3.05) is 44.8 Å². The van der Waals surface area contributed by atoms with Gasteiger partial charge in [0.25, 0.3) is 0 Å². The number of carboxylic acid groups (broad SMARTS) is 1. The summed E-state index contributed by atoms with van der Waals surface area (Å²) in [5.74, 6) is -1.36. The highest BCUT2D eigenvalue weighted by Gasteiger charge is 2.35. The molecular formula is C24H23BrN4O5. The topological polar surface area (TPSA) is 114 Å². The van der Waals surface area contributed by atoms with E-state index in [2.05, 4.69) is 36.1 Å². The number of nitrogens with one attached hydrogen (secondary N) is 1. The van der Waals surface area contributed by atoms with E-state index in [0.29, 0.717) is 39.3 Å². The average molecular weight is 527 g/mol. The number of carboxylic acids is 1. The van der Waals surface area contributed by atoms with Crippen LogP contribution in [0.25, 0.3) is 10.9 Å². The number of fused-ring (bicyclic) bond motifs is 2. The quantitative estimate of drug-likeness (QED) is 0.451. The SMILES string of the molecule is O=C(O)c1cc2c(cc1Br)NC(=O)C2c1ncnc2cc(OCCCN3CCOCC3)ccc12. The lowest BCUT2D eigenvalue weighted by Gasteiger charge is -2.26. The molecule has 5 rings (SSSR count). The molecule has 2 aliphatic heterocycles. The molecule has 3 aromatic rings. The Hall–Kier alpha value is -3.08. The number of anilines is 1. The van der Waals surface area contributed by atoms with Crippen molar-refractivity contribution in [2.24, 2.45) is 0 Å². The number of carbonyl (C=O) groups is 2. The van der Waals surface area contributed by atoms with Crippen LogP contribution in [0.3, 0.4) is 0 Å². The first-order chi connectivity index (χ1) is 16.5. The van der Waals surface area contributed by atoms with Gasteiger partial charge in [0, 0.05) is 41.2 Å². The maximum atomic E-state index is 12.9. The van der Waals surface area contributed by atoms with Crippen LogP contribution in [0.1, 0.15) is 34.0 Å². The third kappa shape index (κ3) is 4.48. The van der Waals surface area contributed by atoms with Crippen molar-refractivity contribution in [3.63, 3.8) is 0 Å². The molecule has 1 unspecified atom stereocenters. The van der Waals surface area contributed by atoms with Crippen molar-refractivity contribution in [1.29, 1.82) is 0 Å². The molecule has 9 nitrogen and oxygen atoms in total. The smallest absolute Gasteiger partial charge is 0.336 e. The number of amides is 1. The lowest BCUT2D eigenvalue weighted by molar-refractivity contribution is -0.116. The van der Waals surface area contributed by atoms with Gasteiger partial charge in [-0.05, 0) is 52.2 Å². The Morgan fingerprint density at radius 2 is 2.06 bits per heavy atom. The van der Waals surface area contributed by atoms with Crippen LogP contribution in [0.15, 0.2) is 41.1 Å². The van der Waals surface area contributed by atoms with Crippen LogP contribution in [-0.2, 0) is 9.53 Å². The molecule has 0 saturated carbocycles. The number of halogens is 1. The first kappa shape index (κ1) is 22.7. The predicted molar refractivity (Wildman–Crippen MR) is 128 cm³/mol. The molecule has 1 atom stereocenters. The fourth-order valence-corrected chi connectivity index (χ4v) is 4.91. The normalized spacial score (nSPS) is 18.0. The van der Waals surface area contributed by atoms with Crippen molar-refractivity contribution in [3.05, 3.63) is 58.0 Å². The molecule has 1 amide bonds. The van der Waals surface area contributed by atoms with E-state index in [1.807, 2.05) is 18.2 Å². The number of hydrogen-bond acceptors (Lipinski definition) is 7. The highest BCUT2D eigenvalue weighted by Crippen LogP contribution is 2.41. The number of morpholine rings is 1. The minimum Gasteiger partial charge on any atom is -0.493 e. The summed E-state index contributed by atoms with van der Waals surface area (Å²) < 4.78 is 11.7. The van der Waals surface area contributed by atoms with E-state index in [1.54, 1.807) is 6.07 Å². The van der Waals surface area contributed by atoms with Gasteiger partial charge in [0.2, 0.25) is 5.91 Å². The van der Waals surface area contributed by atoms with Gasteiger partial charge >= 0.3 is 5.97 Å². The van der Waals surface area contributed by atoms with E-state index < -0.39 is 11.9 Å². The number of rotatable bonds is 7. The molecule has 10 heteroatoms. The Kier molecular flexibility index (Phi) is 6.44. The van der Waals surface area contributed by atoms with Crippen LogP contribution in [0, 0.1) is 0 Å².